The number of ether oxygens (including phenoxy) is 1. The Kier molecular flexibility index (Phi) is 6.06. The highest BCUT2D eigenvalue weighted by Gasteiger charge is 2.13. The van der Waals surface area contributed by atoms with Gasteiger partial charge in [0.05, 0.1) is 6.20 Å². The molecule has 7 nitrogen and oxygen atoms in total. The standard InChI is InChI=1S/C21H22N4O3/c1-14(2)20-22-12-17(23-20)21(27)25-24-19(26)13-28-18-11-7-6-10-16(18)15-8-4-3-5-9-15/h3-12,14H,13H2,1-2H3,(H,22,23)(H,24,26)(H,25,27). The average molecular weight is 378 g/mol. The van der Waals surface area contributed by atoms with E-state index in [1.54, 1.807) is 6.07 Å². The number of aromatic nitrogens is 2. The van der Waals surface area contributed by atoms with Gasteiger partial charge in [-0.15, -0.1) is 0 Å². The van der Waals surface area contributed by atoms with Gasteiger partial charge in [0.25, 0.3) is 11.8 Å². The van der Waals surface area contributed by atoms with E-state index in [1.807, 2.05) is 62.4 Å². The number of carbonyl (C=O) groups is 2. The Balaban J connectivity index is 1.54. The van der Waals surface area contributed by atoms with Crippen LogP contribution in [0.15, 0.2) is 60.8 Å². The van der Waals surface area contributed by atoms with Crippen LogP contribution in [0, 0.1) is 0 Å². The Morgan fingerprint density at radius 2 is 1.75 bits per heavy atom. The highest BCUT2D eigenvalue weighted by molar-refractivity contribution is 5.93. The molecule has 0 unspecified atom stereocenters. The largest absolute Gasteiger partial charge is 0.483 e. The Labute approximate surface area is 163 Å². The molecule has 3 N–H and O–H groups in total. The minimum Gasteiger partial charge on any atom is -0.483 e. The van der Waals surface area contributed by atoms with Gasteiger partial charge in [0.2, 0.25) is 0 Å². The predicted molar refractivity (Wildman–Crippen MR) is 106 cm³/mol. The van der Waals surface area contributed by atoms with Crippen molar-refractivity contribution in [1.82, 2.24) is 20.8 Å². The van der Waals surface area contributed by atoms with Crippen LogP contribution in [-0.4, -0.2) is 28.4 Å². The summed E-state index contributed by atoms with van der Waals surface area (Å²) in [6.07, 6.45) is 1.43. The Hall–Kier alpha value is -3.61. The molecule has 2 aromatic carbocycles. The summed E-state index contributed by atoms with van der Waals surface area (Å²) in [7, 11) is 0. The number of hydrogen-bond donors (Lipinski definition) is 3. The number of aromatic amines is 1. The van der Waals surface area contributed by atoms with E-state index in [1.165, 1.54) is 6.20 Å². The molecule has 0 saturated heterocycles. The molecule has 0 radical (unpaired) electrons. The predicted octanol–water partition coefficient (Wildman–Crippen LogP) is 3.04. The molecule has 0 aliphatic heterocycles. The highest BCUT2D eigenvalue weighted by Crippen LogP contribution is 2.29. The number of nitrogens with zero attached hydrogens (tertiary/aromatic N) is 1. The van der Waals surface area contributed by atoms with Crippen LogP contribution in [0.1, 0.15) is 36.1 Å². The third-order valence-corrected chi connectivity index (χ3v) is 4.03. The molecule has 3 rings (SSSR count). The SMILES string of the molecule is CC(C)c1ncc(C(=O)NNC(=O)COc2ccccc2-c2ccccc2)[nH]1. The summed E-state index contributed by atoms with van der Waals surface area (Å²) in [6.45, 7) is 3.70. The van der Waals surface area contributed by atoms with E-state index < -0.39 is 11.8 Å². The lowest BCUT2D eigenvalue weighted by atomic mass is 10.1. The van der Waals surface area contributed by atoms with Gasteiger partial charge >= 0.3 is 0 Å². The molecule has 0 saturated carbocycles. The van der Waals surface area contributed by atoms with Gasteiger partial charge < -0.3 is 9.72 Å². The summed E-state index contributed by atoms with van der Waals surface area (Å²) in [5.41, 5.74) is 6.84. The van der Waals surface area contributed by atoms with Gasteiger partial charge in [-0.3, -0.25) is 20.4 Å². The second kappa shape index (κ2) is 8.85. The van der Waals surface area contributed by atoms with Crippen molar-refractivity contribution in [3.63, 3.8) is 0 Å². The third-order valence-electron chi connectivity index (χ3n) is 4.03. The molecule has 3 aromatic rings. The first-order valence-corrected chi connectivity index (χ1v) is 8.96. The molecule has 0 aliphatic carbocycles. The Morgan fingerprint density at radius 3 is 2.46 bits per heavy atom. The van der Waals surface area contributed by atoms with Gasteiger partial charge in [-0.1, -0.05) is 62.4 Å². The number of H-pyrrole nitrogens is 1. The van der Waals surface area contributed by atoms with E-state index in [0.717, 1.165) is 11.1 Å². The Bertz CT molecular complexity index is 951. The summed E-state index contributed by atoms with van der Waals surface area (Å²) >= 11 is 0. The van der Waals surface area contributed by atoms with Crippen LogP contribution in [0.3, 0.4) is 0 Å². The second-order valence-electron chi connectivity index (χ2n) is 6.49. The fourth-order valence-corrected chi connectivity index (χ4v) is 2.57. The van der Waals surface area contributed by atoms with Crippen molar-refractivity contribution in [2.75, 3.05) is 6.61 Å². The van der Waals surface area contributed by atoms with Gasteiger partial charge in [0.1, 0.15) is 17.3 Å². The van der Waals surface area contributed by atoms with Crippen molar-refractivity contribution in [3.05, 3.63) is 72.3 Å². The van der Waals surface area contributed by atoms with Crippen LogP contribution < -0.4 is 15.6 Å². The number of hydrazine groups is 1. The van der Waals surface area contributed by atoms with E-state index in [0.29, 0.717) is 11.6 Å². The highest BCUT2D eigenvalue weighted by atomic mass is 16.5. The van der Waals surface area contributed by atoms with E-state index >= 15 is 0 Å². The average Bonchev–Trinajstić information content (AvgIpc) is 3.22. The molecule has 0 atom stereocenters. The summed E-state index contributed by atoms with van der Waals surface area (Å²) in [4.78, 5) is 31.1. The van der Waals surface area contributed by atoms with Crippen molar-refractivity contribution in [3.8, 4) is 16.9 Å². The van der Waals surface area contributed by atoms with Crippen LogP contribution in [0.25, 0.3) is 11.1 Å². The molecule has 0 aliphatic rings. The van der Waals surface area contributed by atoms with Crippen molar-refractivity contribution in [2.45, 2.75) is 19.8 Å². The molecule has 2 amide bonds. The number of benzene rings is 2. The fourth-order valence-electron chi connectivity index (χ4n) is 2.57. The van der Waals surface area contributed by atoms with Gasteiger partial charge in [0, 0.05) is 11.5 Å². The second-order valence-corrected chi connectivity index (χ2v) is 6.49. The van der Waals surface area contributed by atoms with Crippen molar-refractivity contribution < 1.29 is 14.3 Å². The summed E-state index contributed by atoms with van der Waals surface area (Å²) in [6, 6.07) is 17.2. The van der Waals surface area contributed by atoms with E-state index in [2.05, 4.69) is 20.8 Å². The van der Waals surface area contributed by atoms with Crippen LogP contribution >= 0.6 is 0 Å². The summed E-state index contributed by atoms with van der Waals surface area (Å²) < 4.78 is 5.64. The molecule has 144 valence electrons. The monoisotopic (exact) mass is 378 g/mol. The summed E-state index contributed by atoms with van der Waals surface area (Å²) in [5.74, 6) is 0.522. The topological polar surface area (TPSA) is 96.1 Å². The normalized spacial score (nSPS) is 10.5. The van der Waals surface area contributed by atoms with Crippen molar-refractivity contribution >= 4 is 11.8 Å². The van der Waals surface area contributed by atoms with Crippen LogP contribution in [0.2, 0.25) is 0 Å². The minimum absolute atomic E-state index is 0.175. The molecule has 1 aromatic heterocycles. The van der Waals surface area contributed by atoms with Gasteiger partial charge in [0.15, 0.2) is 6.61 Å². The van der Waals surface area contributed by atoms with Gasteiger partial charge in [-0.05, 0) is 11.6 Å². The maximum atomic E-state index is 12.1. The molecule has 0 spiro atoms. The molecule has 0 fully saturated rings. The van der Waals surface area contributed by atoms with Crippen LogP contribution in [0.4, 0.5) is 0 Å². The number of hydrogen-bond acceptors (Lipinski definition) is 4. The molecule has 7 heteroatoms. The number of carbonyl (C=O) groups excluding carboxylic acids is 2. The zero-order chi connectivity index (χ0) is 19.9. The number of rotatable bonds is 6. The molecular formula is C21H22N4O3. The minimum atomic E-state index is -0.475. The van der Waals surface area contributed by atoms with E-state index in [4.69, 9.17) is 4.74 Å². The molecule has 0 bridgehead atoms. The van der Waals surface area contributed by atoms with Crippen LogP contribution in [0.5, 0.6) is 5.75 Å². The van der Waals surface area contributed by atoms with E-state index in [-0.39, 0.29) is 18.2 Å². The first kappa shape index (κ1) is 19.2. The quantitative estimate of drug-likeness (QED) is 0.575. The molecule has 28 heavy (non-hydrogen) atoms. The zero-order valence-electron chi connectivity index (χ0n) is 15.7. The lowest BCUT2D eigenvalue weighted by molar-refractivity contribution is -0.123. The number of imidazole rings is 1. The Morgan fingerprint density at radius 1 is 1.04 bits per heavy atom. The smallest absolute Gasteiger partial charge is 0.287 e. The number of nitrogens with one attached hydrogen (secondary N) is 3. The fraction of sp³-hybridized carbons (Fsp3) is 0.190. The maximum Gasteiger partial charge on any atom is 0.287 e. The summed E-state index contributed by atoms with van der Waals surface area (Å²) in [5, 5.41) is 0. The molecule has 1 heterocycles. The molecular weight excluding hydrogens is 356 g/mol. The van der Waals surface area contributed by atoms with Gasteiger partial charge in [-0.2, -0.15) is 0 Å². The van der Waals surface area contributed by atoms with Crippen molar-refractivity contribution in [2.24, 2.45) is 0 Å². The first-order chi connectivity index (χ1) is 13.5. The number of amides is 2. The lowest BCUT2D eigenvalue weighted by Gasteiger charge is -2.12. The zero-order valence-corrected chi connectivity index (χ0v) is 15.7. The van der Waals surface area contributed by atoms with E-state index in [9.17, 15) is 9.59 Å². The third kappa shape index (κ3) is 4.76. The number of para-hydroxylation sites is 1. The van der Waals surface area contributed by atoms with Gasteiger partial charge in [-0.25, -0.2) is 4.98 Å². The first-order valence-electron chi connectivity index (χ1n) is 8.96. The van der Waals surface area contributed by atoms with Crippen molar-refractivity contribution in [1.29, 1.82) is 0 Å². The maximum absolute atomic E-state index is 12.1. The lowest BCUT2D eigenvalue weighted by Crippen LogP contribution is -2.44. The van der Waals surface area contributed by atoms with Crippen LogP contribution in [-0.2, 0) is 4.79 Å².